The Morgan fingerprint density at radius 1 is 1.23 bits per heavy atom. The highest BCUT2D eigenvalue weighted by Crippen LogP contribution is 2.32. The number of hydrogen-bond donors (Lipinski definition) is 3. The van der Waals surface area contributed by atoms with Crippen LogP contribution in [-0.2, 0) is 11.0 Å². The van der Waals surface area contributed by atoms with Crippen molar-refractivity contribution < 1.29 is 18.0 Å². The van der Waals surface area contributed by atoms with E-state index in [-0.39, 0.29) is 28.2 Å². The van der Waals surface area contributed by atoms with Gasteiger partial charge in [0, 0.05) is 18.7 Å². The van der Waals surface area contributed by atoms with Gasteiger partial charge in [-0.3, -0.25) is 9.59 Å². The molecule has 2 heterocycles. The van der Waals surface area contributed by atoms with Crippen LogP contribution in [0.1, 0.15) is 12.5 Å². The summed E-state index contributed by atoms with van der Waals surface area (Å²) >= 11 is 0. The fourth-order valence-corrected chi connectivity index (χ4v) is 2.33. The average molecular weight is 363 g/mol. The summed E-state index contributed by atoms with van der Waals surface area (Å²) in [4.78, 5) is 33.9. The van der Waals surface area contributed by atoms with Crippen molar-refractivity contribution in [2.24, 2.45) is 0 Å². The number of rotatable bonds is 3. The molecule has 0 saturated carbocycles. The van der Waals surface area contributed by atoms with Gasteiger partial charge in [0.05, 0.1) is 17.4 Å². The van der Waals surface area contributed by atoms with E-state index in [9.17, 15) is 22.8 Å². The molecule has 0 aliphatic rings. The number of pyridine rings is 1. The highest BCUT2D eigenvalue weighted by Gasteiger charge is 2.30. The Morgan fingerprint density at radius 2 is 2.00 bits per heavy atom. The summed E-state index contributed by atoms with van der Waals surface area (Å²) in [7, 11) is 0. The first-order chi connectivity index (χ1) is 12.2. The summed E-state index contributed by atoms with van der Waals surface area (Å²) in [5, 5.41) is 5.20. The van der Waals surface area contributed by atoms with Crippen molar-refractivity contribution in [1.82, 2.24) is 15.0 Å². The molecule has 2 aromatic heterocycles. The molecule has 0 aliphatic carbocycles. The largest absolute Gasteiger partial charge is 0.416 e. The van der Waals surface area contributed by atoms with Crippen molar-refractivity contribution in [2.75, 3.05) is 10.6 Å². The molecule has 1 aromatic carbocycles. The van der Waals surface area contributed by atoms with E-state index in [0.717, 1.165) is 12.1 Å². The molecule has 26 heavy (non-hydrogen) atoms. The quantitative estimate of drug-likeness (QED) is 0.664. The van der Waals surface area contributed by atoms with Crippen molar-refractivity contribution in [3.8, 4) is 0 Å². The number of nitrogens with one attached hydrogen (secondary N) is 3. The maximum atomic E-state index is 12.9. The molecule has 1 amide bonds. The average Bonchev–Trinajstić information content (AvgIpc) is 2.53. The third-order valence-electron chi connectivity index (χ3n) is 3.38. The lowest BCUT2D eigenvalue weighted by molar-refractivity contribution is -0.137. The van der Waals surface area contributed by atoms with Crippen LogP contribution in [0.5, 0.6) is 0 Å². The van der Waals surface area contributed by atoms with Crippen LogP contribution in [0.25, 0.3) is 10.9 Å². The summed E-state index contributed by atoms with van der Waals surface area (Å²) in [5.41, 5.74) is -1.07. The van der Waals surface area contributed by atoms with Gasteiger partial charge in [-0.15, -0.1) is 0 Å². The van der Waals surface area contributed by atoms with E-state index in [1.807, 2.05) is 0 Å². The van der Waals surface area contributed by atoms with Crippen molar-refractivity contribution in [2.45, 2.75) is 13.1 Å². The number of hydrogen-bond acceptors (Lipinski definition) is 5. The summed E-state index contributed by atoms with van der Waals surface area (Å²) in [6.07, 6.45) is -3.33. The standard InChI is InChI=1S/C16H12F3N5O2/c1-8(25)22-12-6-11-13(15(26)21-7-20-11)14(24-12)23-10-4-2-3-9(5-10)16(17,18)19/h2-7H,1H3,(H,20,21,26)(H2,22,23,24,25). The third kappa shape index (κ3) is 3.63. The molecule has 0 bridgehead atoms. The van der Waals surface area contributed by atoms with Gasteiger partial charge in [-0.2, -0.15) is 13.2 Å². The molecule has 0 radical (unpaired) electrons. The van der Waals surface area contributed by atoms with Crippen molar-refractivity contribution in [3.05, 3.63) is 52.6 Å². The fraction of sp³-hybridized carbons (Fsp3) is 0.125. The topological polar surface area (TPSA) is 99.8 Å². The second-order valence-electron chi connectivity index (χ2n) is 5.37. The summed E-state index contributed by atoms with van der Waals surface area (Å²) in [5.74, 6) is -0.316. The molecular formula is C16H12F3N5O2. The molecule has 0 aliphatic heterocycles. The van der Waals surface area contributed by atoms with Crippen LogP contribution in [0, 0.1) is 0 Å². The second kappa shape index (κ2) is 6.47. The maximum absolute atomic E-state index is 12.9. The SMILES string of the molecule is CC(=O)Nc1cc2nc[nH]c(=O)c2c(Nc2cccc(C(F)(F)F)c2)n1. The Bertz CT molecular complexity index is 1050. The van der Waals surface area contributed by atoms with E-state index in [4.69, 9.17) is 0 Å². The van der Waals surface area contributed by atoms with Crippen LogP contribution in [0.2, 0.25) is 0 Å². The number of alkyl halides is 3. The number of anilines is 3. The van der Waals surface area contributed by atoms with Crippen molar-refractivity contribution in [3.63, 3.8) is 0 Å². The predicted octanol–water partition coefficient (Wildman–Crippen LogP) is 3.04. The minimum atomic E-state index is -4.51. The molecule has 3 rings (SSSR count). The van der Waals surface area contributed by atoms with Gasteiger partial charge in [-0.25, -0.2) is 9.97 Å². The molecule has 10 heteroatoms. The van der Waals surface area contributed by atoms with Gasteiger partial charge in [0.15, 0.2) is 0 Å². The second-order valence-corrected chi connectivity index (χ2v) is 5.37. The van der Waals surface area contributed by atoms with Crippen LogP contribution < -0.4 is 16.2 Å². The zero-order chi connectivity index (χ0) is 18.9. The van der Waals surface area contributed by atoms with Crippen molar-refractivity contribution >= 4 is 34.1 Å². The number of aromatic nitrogens is 3. The lowest BCUT2D eigenvalue weighted by atomic mass is 10.2. The molecule has 0 unspecified atom stereocenters. The Labute approximate surface area is 144 Å². The van der Waals surface area contributed by atoms with Crippen LogP contribution >= 0.6 is 0 Å². The minimum Gasteiger partial charge on any atom is -0.339 e. The first-order valence-electron chi connectivity index (χ1n) is 7.34. The van der Waals surface area contributed by atoms with Gasteiger partial charge in [-0.1, -0.05) is 6.07 Å². The van der Waals surface area contributed by atoms with Gasteiger partial charge >= 0.3 is 6.18 Å². The number of H-pyrrole nitrogens is 1. The van der Waals surface area contributed by atoms with Gasteiger partial charge in [-0.05, 0) is 18.2 Å². The van der Waals surface area contributed by atoms with Gasteiger partial charge in [0.25, 0.3) is 5.56 Å². The summed E-state index contributed by atoms with van der Waals surface area (Å²) < 4.78 is 38.6. The number of fused-ring (bicyclic) bond motifs is 1. The highest BCUT2D eigenvalue weighted by molar-refractivity contribution is 5.95. The Hall–Kier alpha value is -3.43. The number of halogens is 3. The molecule has 0 fully saturated rings. The van der Waals surface area contributed by atoms with E-state index in [2.05, 4.69) is 25.6 Å². The molecular weight excluding hydrogens is 351 g/mol. The monoisotopic (exact) mass is 363 g/mol. The van der Waals surface area contributed by atoms with E-state index in [1.165, 1.54) is 31.5 Å². The molecule has 7 nitrogen and oxygen atoms in total. The Balaban J connectivity index is 2.12. The zero-order valence-corrected chi connectivity index (χ0v) is 13.3. The van der Waals surface area contributed by atoms with Crippen LogP contribution in [0.15, 0.2) is 41.5 Å². The normalized spacial score (nSPS) is 11.4. The predicted molar refractivity (Wildman–Crippen MR) is 89.2 cm³/mol. The van der Waals surface area contributed by atoms with E-state index in [0.29, 0.717) is 0 Å². The molecule has 3 N–H and O–H groups in total. The van der Waals surface area contributed by atoms with Crippen molar-refractivity contribution in [1.29, 1.82) is 0 Å². The number of carbonyl (C=O) groups excluding carboxylic acids is 1. The first-order valence-corrected chi connectivity index (χ1v) is 7.34. The molecule has 0 saturated heterocycles. The summed E-state index contributed by atoms with van der Waals surface area (Å²) in [6, 6.07) is 5.84. The smallest absolute Gasteiger partial charge is 0.339 e. The van der Waals surface area contributed by atoms with Crippen LogP contribution in [0.3, 0.4) is 0 Å². The lowest BCUT2D eigenvalue weighted by Gasteiger charge is -2.12. The van der Waals surface area contributed by atoms with Gasteiger partial charge < -0.3 is 15.6 Å². The minimum absolute atomic E-state index is 0.0278. The number of aromatic amines is 1. The fourth-order valence-electron chi connectivity index (χ4n) is 2.33. The third-order valence-corrected chi connectivity index (χ3v) is 3.38. The molecule has 134 valence electrons. The highest BCUT2D eigenvalue weighted by atomic mass is 19.4. The van der Waals surface area contributed by atoms with Gasteiger partial charge in [0.2, 0.25) is 5.91 Å². The number of benzene rings is 1. The maximum Gasteiger partial charge on any atom is 0.416 e. The van der Waals surface area contributed by atoms with E-state index in [1.54, 1.807) is 0 Å². The number of nitrogens with zero attached hydrogens (tertiary/aromatic N) is 2. The molecule has 0 atom stereocenters. The first kappa shape index (κ1) is 17.4. The Morgan fingerprint density at radius 3 is 2.69 bits per heavy atom. The van der Waals surface area contributed by atoms with Crippen LogP contribution in [0.4, 0.5) is 30.5 Å². The number of carbonyl (C=O) groups is 1. The summed E-state index contributed by atoms with van der Waals surface area (Å²) in [6.45, 7) is 1.27. The lowest BCUT2D eigenvalue weighted by Crippen LogP contribution is -2.13. The number of amides is 1. The Kier molecular flexibility index (Phi) is 4.33. The molecule has 0 spiro atoms. The van der Waals surface area contributed by atoms with Gasteiger partial charge in [0.1, 0.15) is 17.0 Å². The van der Waals surface area contributed by atoms with E-state index < -0.39 is 23.2 Å². The van der Waals surface area contributed by atoms with E-state index >= 15 is 0 Å². The zero-order valence-electron chi connectivity index (χ0n) is 13.3. The van der Waals surface area contributed by atoms with Crippen LogP contribution in [-0.4, -0.2) is 20.9 Å². The molecule has 3 aromatic rings.